The van der Waals surface area contributed by atoms with E-state index in [9.17, 15) is 19.8 Å². The number of fused-ring (bicyclic) bond motifs is 7. The predicted molar refractivity (Wildman–Crippen MR) is 113 cm³/mol. The van der Waals surface area contributed by atoms with Crippen LogP contribution in [0.1, 0.15) is 52.9 Å². The summed E-state index contributed by atoms with van der Waals surface area (Å²) in [6, 6.07) is 0. The fourth-order valence-corrected chi connectivity index (χ4v) is 7.41. The summed E-state index contributed by atoms with van der Waals surface area (Å²) in [7, 11) is 0. The van der Waals surface area contributed by atoms with Gasteiger partial charge in [0.25, 0.3) is 0 Å². The third-order valence-electron chi connectivity index (χ3n) is 8.77. The fourth-order valence-electron chi connectivity index (χ4n) is 7.41. The van der Waals surface area contributed by atoms with Crippen molar-refractivity contribution in [3.8, 4) is 0 Å². The monoisotopic (exact) mass is 428 g/mol. The molecule has 2 saturated carbocycles. The molecule has 0 radical (unpaired) electrons. The molecule has 1 saturated heterocycles. The fraction of sp³-hybridized carbons (Fsp3) is 0.680. The lowest BCUT2D eigenvalue weighted by Gasteiger charge is -2.58. The Morgan fingerprint density at radius 3 is 2.81 bits per heavy atom. The van der Waals surface area contributed by atoms with Crippen LogP contribution in [0.5, 0.6) is 0 Å². The average molecular weight is 429 g/mol. The van der Waals surface area contributed by atoms with Crippen molar-refractivity contribution < 1.29 is 29.3 Å². The summed E-state index contributed by atoms with van der Waals surface area (Å²) in [5.74, 6) is -0.393. The Labute approximate surface area is 183 Å². The number of ketones is 2. The van der Waals surface area contributed by atoms with E-state index in [1.165, 1.54) is 0 Å². The molecule has 1 heterocycles. The third-order valence-corrected chi connectivity index (χ3v) is 8.77. The second kappa shape index (κ2) is 6.95. The predicted octanol–water partition coefficient (Wildman–Crippen LogP) is 2.64. The van der Waals surface area contributed by atoms with Crippen LogP contribution in [0.4, 0.5) is 0 Å². The largest absolute Gasteiger partial charge is 0.393 e. The summed E-state index contributed by atoms with van der Waals surface area (Å²) in [5, 5.41) is 21.4. The van der Waals surface area contributed by atoms with Crippen LogP contribution in [0.3, 0.4) is 0 Å². The van der Waals surface area contributed by atoms with Crippen LogP contribution < -0.4 is 0 Å². The zero-order chi connectivity index (χ0) is 22.2. The van der Waals surface area contributed by atoms with Crippen molar-refractivity contribution in [2.75, 3.05) is 6.61 Å². The van der Waals surface area contributed by atoms with Crippen molar-refractivity contribution >= 4 is 11.6 Å². The highest BCUT2D eigenvalue weighted by Gasteiger charge is 2.72. The standard InChI is InChI=1S/C25H32O6/c1-4-5-21-30-20-11-17-16-7-6-14-10-15(27)8-9-23(14,2)22(16)18(28)12-24(17,3)25(20,31-21)19(29)13-26/h8-11,16,18,20-22,26,28H,4-7,12-13H2,1-3H3/t16-,18-,20-,21?,22-,23-,24-,25+/m0/s1. The molecule has 8 atom stereocenters. The second-order valence-electron chi connectivity index (χ2n) is 10.3. The van der Waals surface area contributed by atoms with Gasteiger partial charge in [0, 0.05) is 16.7 Å². The summed E-state index contributed by atoms with van der Waals surface area (Å²) in [6.07, 6.45) is 9.13. The highest BCUT2D eigenvalue weighted by Crippen LogP contribution is 2.67. The molecule has 0 aromatic rings. The van der Waals surface area contributed by atoms with E-state index >= 15 is 0 Å². The van der Waals surface area contributed by atoms with Crippen LogP contribution in [0.2, 0.25) is 0 Å². The van der Waals surface area contributed by atoms with Gasteiger partial charge in [-0.15, -0.1) is 0 Å². The Morgan fingerprint density at radius 2 is 2.10 bits per heavy atom. The number of Topliss-reactive ketones (excluding diaryl/α,β-unsaturated/α-hetero) is 1. The molecule has 5 rings (SSSR count). The molecule has 0 aromatic carbocycles. The van der Waals surface area contributed by atoms with Crippen LogP contribution >= 0.6 is 0 Å². The average Bonchev–Trinajstić information content (AvgIpc) is 3.20. The van der Waals surface area contributed by atoms with Gasteiger partial charge in [-0.25, -0.2) is 0 Å². The summed E-state index contributed by atoms with van der Waals surface area (Å²) in [6.45, 7) is 5.53. The summed E-state index contributed by atoms with van der Waals surface area (Å²) in [4.78, 5) is 25.2. The number of ether oxygens (including phenoxy) is 2. The Hall–Kier alpha value is -1.60. The zero-order valence-electron chi connectivity index (χ0n) is 18.5. The van der Waals surface area contributed by atoms with Crippen LogP contribution in [0.25, 0.3) is 0 Å². The van der Waals surface area contributed by atoms with E-state index < -0.39 is 41.5 Å². The van der Waals surface area contributed by atoms with Crippen molar-refractivity contribution in [1.82, 2.24) is 0 Å². The van der Waals surface area contributed by atoms with Crippen LogP contribution in [-0.4, -0.2) is 52.5 Å². The van der Waals surface area contributed by atoms with Gasteiger partial charge in [0.2, 0.25) is 0 Å². The van der Waals surface area contributed by atoms with Gasteiger partial charge in [0.05, 0.1) is 6.10 Å². The lowest BCUT2D eigenvalue weighted by molar-refractivity contribution is -0.175. The molecule has 0 bridgehead atoms. The first-order chi connectivity index (χ1) is 14.7. The number of rotatable bonds is 4. The molecule has 4 aliphatic carbocycles. The Morgan fingerprint density at radius 1 is 1.32 bits per heavy atom. The molecule has 1 unspecified atom stereocenters. The molecule has 6 heteroatoms. The van der Waals surface area contributed by atoms with Gasteiger partial charge in [-0.1, -0.05) is 50.5 Å². The Kier molecular flexibility index (Phi) is 4.76. The first kappa shape index (κ1) is 21.3. The minimum Gasteiger partial charge on any atom is -0.393 e. The van der Waals surface area contributed by atoms with Crippen molar-refractivity contribution in [3.63, 3.8) is 0 Å². The topological polar surface area (TPSA) is 93.1 Å². The number of allylic oxidation sites excluding steroid dienone is 4. The van der Waals surface area contributed by atoms with Gasteiger partial charge in [-0.2, -0.15) is 0 Å². The minimum absolute atomic E-state index is 0.00642. The van der Waals surface area contributed by atoms with Crippen LogP contribution in [-0.2, 0) is 19.1 Å². The van der Waals surface area contributed by atoms with E-state index in [1.807, 2.05) is 19.9 Å². The molecule has 0 spiro atoms. The van der Waals surface area contributed by atoms with Crippen LogP contribution in [0.15, 0.2) is 35.5 Å². The first-order valence-corrected chi connectivity index (χ1v) is 11.5. The summed E-state index contributed by atoms with van der Waals surface area (Å²) in [5.41, 5.74) is -0.240. The maximum atomic E-state index is 13.2. The van der Waals surface area contributed by atoms with Crippen molar-refractivity contribution in [2.24, 2.45) is 22.7 Å². The first-order valence-electron chi connectivity index (χ1n) is 11.5. The molecule has 0 amide bonds. The van der Waals surface area contributed by atoms with E-state index in [2.05, 4.69) is 13.0 Å². The quantitative estimate of drug-likeness (QED) is 0.669. The van der Waals surface area contributed by atoms with E-state index in [1.54, 1.807) is 12.2 Å². The van der Waals surface area contributed by atoms with Gasteiger partial charge < -0.3 is 19.7 Å². The molecular formula is C25H32O6. The molecule has 5 aliphatic rings. The molecule has 6 nitrogen and oxygen atoms in total. The van der Waals surface area contributed by atoms with Gasteiger partial charge in [0.1, 0.15) is 12.7 Å². The van der Waals surface area contributed by atoms with Gasteiger partial charge in [-0.05, 0) is 43.8 Å². The van der Waals surface area contributed by atoms with E-state index in [0.29, 0.717) is 12.8 Å². The maximum Gasteiger partial charge on any atom is 0.193 e. The maximum absolute atomic E-state index is 13.2. The van der Waals surface area contributed by atoms with E-state index in [-0.39, 0.29) is 23.4 Å². The Balaban J connectivity index is 1.59. The molecule has 0 aromatic heterocycles. The minimum atomic E-state index is -1.29. The number of aliphatic hydroxyl groups excluding tert-OH is 2. The summed E-state index contributed by atoms with van der Waals surface area (Å²) >= 11 is 0. The molecule has 31 heavy (non-hydrogen) atoms. The molecule has 2 N–H and O–H groups in total. The van der Waals surface area contributed by atoms with Crippen molar-refractivity contribution in [2.45, 2.75) is 77.0 Å². The number of carbonyl (C=O) groups is 2. The number of hydrogen-bond acceptors (Lipinski definition) is 6. The lowest BCUT2D eigenvalue weighted by Crippen LogP contribution is -2.62. The lowest BCUT2D eigenvalue weighted by atomic mass is 9.47. The third kappa shape index (κ3) is 2.59. The van der Waals surface area contributed by atoms with Gasteiger partial charge in [0.15, 0.2) is 23.5 Å². The smallest absolute Gasteiger partial charge is 0.193 e. The number of hydrogen-bond donors (Lipinski definition) is 2. The van der Waals surface area contributed by atoms with Crippen molar-refractivity contribution in [3.05, 3.63) is 35.5 Å². The highest BCUT2D eigenvalue weighted by atomic mass is 16.7. The highest BCUT2D eigenvalue weighted by molar-refractivity contribution is 6.01. The molecule has 3 fully saturated rings. The van der Waals surface area contributed by atoms with E-state index in [4.69, 9.17) is 9.47 Å². The zero-order valence-corrected chi connectivity index (χ0v) is 18.5. The molecular weight excluding hydrogens is 396 g/mol. The SMILES string of the molecule is CCCC1O[C@H]2C=C3[C@@H]4CCC5=CC(=O)C=C[C@]5(C)[C@@H]4[C@@H](O)C[C@]3(C)[C@]2(C(=O)CO)O1. The summed E-state index contributed by atoms with van der Waals surface area (Å²) < 4.78 is 12.5. The number of carbonyl (C=O) groups excluding carboxylic acids is 2. The normalized spacial score (nSPS) is 47.8. The van der Waals surface area contributed by atoms with Gasteiger partial charge in [-0.3, -0.25) is 9.59 Å². The molecule has 1 aliphatic heterocycles. The van der Waals surface area contributed by atoms with E-state index in [0.717, 1.165) is 30.4 Å². The second-order valence-corrected chi connectivity index (χ2v) is 10.3. The molecule has 168 valence electrons. The van der Waals surface area contributed by atoms with Crippen LogP contribution in [0, 0.1) is 22.7 Å². The van der Waals surface area contributed by atoms with Crippen molar-refractivity contribution in [1.29, 1.82) is 0 Å². The number of aliphatic hydroxyl groups is 2. The Bertz CT molecular complexity index is 917. The van der Waals surface area contributed by atoms with Gasteiger partial charge >= 0.3 is 0 Å².